The number of thioether (sulfide) groups is 1. The quantitative estimate of drug-likeness (QED) is 0.0776. The summed E-state index contributed by atoms with van der Waals surface area (Å²) in [4.78, 5) is 28.2. The SMILES string of the molecule is Cc1ccc(C)c(C(O)=C2C(=O)C(=O)N(c3nnc(SCc4ccc(Cl)cc4Cl)s3)C2c2cccc(Cl)c2)c1. The molecule has 1 amide bonds. The summed E-state index contributed by atoms with van der Waals surface area (Å²) in [6, 6.07) is 16.7. The number of nitrogens with zero attached hydrogens (tertiary/aromatic N) is 3. The van der Waals surface area contributed by atoms with Gasteiger partial charge in [0.15, 0.2) is 4.34 Å². The minimum absolute atomic E-state index is 0.0340. The third-order valence-electron chi connectivity index (χ3n) is 6.23. The zero-order valence-corrected chi connectivity index (χ0v) is 24.5. The fraction of sp³-hybridized carbons (Fsp3) is 0.143. The summed E-state index contributed by atoms with van der Waals surface area (Å²) < 4.78 is 0.581. The number of aryl methyl sites for hydroxylation is 2. The molecule has 1 atom stereocenters. The van der Waals surface area contributed by atoms with Crippen LogP contribution in [-0.2, 0) is 15.3 Å². The highest BCUT2D eigenvalue weighted by Crippen LogP contribution is 2.45. The third kappa shape index (κ3) is 5.58. The van der Waals surface area contributed by atoms with E-state index in [-0.39, 0.29) is 16.5 Å². The number of carbonyl (C=O) groups excluding carboxylic acids is 2. The molecular formula is C28H20Cl3N3O3S2. The van der Waals surface area contributed by atoms with E-state index in [1.54, 1.807) is 42.5 Å². The van der Waals surface area contributed by atoms with Crippen LogP contribution in [0.4, 0.5) is 5.13 Å². The molecule has 1 fully saturated rings. The number of carbonyl (C=O) groups is 2. The van der Waals surface area contributed by atoms with Crippen molar-refractivity contribution in [2.24, 2.45) is 0 Å². The number of aromatic nitrogens is 2. The molecule has 11 heteroatoms. The van der Waals surface area contributed by atoms with Gasteiger partial charge in [-0.2, -0.15) is 0 Å². The summed E-state index contributed by atoms with van der Waals surface area (Å²) >= 11 is 21.1. The Bertz CT molecular complexity index is 1650. The molecule has 5 rings (SSSR count). The smallest absolute Gasteiger partial charge is 0.301 e. The second kappa shape index (κ2) is 11.3. The Labute approximate surface area is 248 Å². The van der Waals surface area contributed by atoms with Crippen molar-refractivity contribution in [1.29, 1.82) is 0 Å². The molecule has 1 aromatic heterocycles. The minimum atomic E-state index is -0.944. The average Bonchev–Trinajstić information content (AvgIpc) is 3.46. The van der Waals surface area contributed by atoms with Crippen LogP contribution in [0.3, 0.4) is 0 Å². The number of aliphatic hydroxyl groups is 1. The molecule has 1 aliphatic heterocycles. The number of hydrogen-bond acceptors (Lipinski definition) is 7. The summed E-state index contributed by atoms with van der Waals surface area (Å²) in [5.74, 6) is -1.36. The Hall–Kier alpha value is -2.88. The molecule has 0 radical (unpaired) electrons. The number of Topliss-reactive ketones (excluding diaryl/α,β-unsaturated/α-hetero) is 1. The molecule has 6 nitrogen and oxygen atoms in total. The first-order valence-electron chi connectivity index (χ1n) is 11.7. The monoisotopic (exact) mass is 615 g/mol. The van der Waals surface area contributed by atoms with E-state index >= 15 is 0 Å². The number of rotatable bonds is 6. The molecule has 2 heterocycles. The Kier molecular flexibility index (Phi) is 8.03. The van der Waals surface area contributed by atoms with Crippen molar-refractivity contribution in [1.82, 2.24) is 10.2 Å². The van der Waals surface area contributed by atoms with Crippen LogP contribution in [0.1, 0.15) is 33.9 Å². The number of hydrogen-bond donors (Lipinski definition) is 1. The van der Waals surface area contributed by atoms with Gasteiger partial charge in [0.1, 0.15) is 5.76 Å². The van der Waals surface area contributed by atoms with Gasteiger partial charge in [-0.05, 0) is 60.9 Å². The Morgan fingerprint density at radius 2 is 1.77 bits per heavy atom. The van der Waals surface area contributed by atoms with Crippen molar-refractivity contribution in [3.8, 4) is 0 Å². The van der Waals surface area contributed by atoms with Gasteiger partial charge in [0, 0.05) is 26.4 Å². The lowest BCUT2D eigenvalue weighted by atomic mass is 9.93. The molecule has 0 spiro atoms. The second-order valence-electron chi connectivity index (χ2n) is 8.92. The van der Waals surface area contributed by atoms with E-state index in [0.717, 1.165) is 16.7 Å². The summed E-state index contributed by atoms with van der Waals surface area (Å²) in [5, 5.41) is 21.6. The van der Waals surface area contributed by atoms with Crippen molar-refractivity contribution in [2.45, 2.75) is 30.0 Å². The van der Waals surface area contributed by atoms with E-state index in [1.807, 2.05) is 32.0 Å². The van der Waals surface area contributed by atoms with E-state index in [4.69, 9.17) is 34.8 Å². The average molecular weight is 617 g/mol. The zero-order chi connectivity index (χ0) is 27.8. The molecule has 39 heavy (non-hydrogen) atoms. The molecule has 1 saturated heterocycles. The van der Waals surface area contributed by atoms with Gasteiger partial charge in [-0.1, -0.05) is 93.8 Å². The van der Waals surface area contributed by atoms with E-state index in [2.05, 4.69) is 10.2 Å². The molecule has 4 aromatic rings. The number of halogens is 3. The molecule has 1 unspecified atom stereocenters. The van der Waals surface area contributed by atoms with Crippen LogP contribution in [0.5, 0.6) is 0 Å². The molecular weight excluding hydrogens is 597 g/mol. The molecule has 3 aromatic carbocycles. The molecule has 1 aliphatic rings. The van der Waals surface area contributed by atoms with Crippen LogP contribution < -0.4 is 4.90 Å². The van der Waals surface area contributed by atoms with Gasteiger partial charge in [0.05, 0.1) is 11.6 Å². The van der Waals surface area contributed by atoms with Crippen LogP contribution in [0, 0.1) is 13.8 Å². The summed E-state index contributed by atoms with van der Waals surface area (Å²) in [7, 11) is 0. The van der Waals surface area contributed by atoms with E-state index in [0.29, 0.717) is 36.3 Å². The standard InChI is InChI=1S/C28H20Cl3N3O3S2/c1-14-6-7-15(2)20(10-14)24(35)22-23(16-4-3-5-18(29)11-16)34(26(37)25(22)36)27-32-33-28(39-27)38-13-17-8-9-19(30)12-21(17)31/h3-12,23,35H,13H2,1-2H3. The maximum Gasteiger partial charge on any atom is 0.301 e. The highest BCUT2D eigenvalue weighted by Gasteiger charge is 2.48. The highest BCUT2D eigenvalue weighted by atomic mass is 35.5. The lowest BCUT2D eigenvalue weighted by Gasteiger charge is -2.23. The van der Waals surface area contributed by atoms with Gasteiger partial charge >= 0.3 is 5.91 Å². The Morgan fingerprint density at radius 3 is 2.51 bits per heavy atom. The summed E-state index contributed by atoms with van der Waals surface area (Å²) in [6.07, 6.45) is 0. The van der Waals surface area contributed by atoms with E-state index in [9.17, 15) is 14.7 Å². The van der Waals surface area contributed by atoms with Crippen molar-refractivity contribution in [2.75, 3.05) is 4.90 Å². The number of amides is 1. The second-order valence-corrected chi connectivity index (χ2v) is 12.4. The first-order chi connectivity index (χ1) is 18.6. The lowest BCUT2D eigenvalue weighted by Crippen LogP contribution is -2.29. The van der Waals surface area contributed by atoms with Crippen LogP contribution in [0.25, 0.3) is 5.76 Å². The Balaban J connectivity index is 1.56. The third-order valence-corrected chi connectivity index (χ3v) is 9.15. The number of benzene rings is 3. The van der Waals surface area contributed by atoms with Crippen molar-refractivity contribution < 1.29 is 14.7 Å². The predicted molar refractivity (Wildman–Crippen MR) is 158 cm³/mol. The fourth-order valence-electron chi connectivity index (χ4n) is 4.29. The number of anilines is 1. The largest absolute Gasteiger partial charge is 0.507 e. The van der Waals surface area contributed by atoms with Crippen molar-refractivity contribution in [3.63, 3.8) is 0 Å². The van der Waals surface area contributed by atoms with Crippen LogP contribution in [0.2, 0.25) is 15.1 Å². The topological polar surface area (TPSA) is 83.4 Å². The number of aliphatic hydroxyl groups excluding tert-OH is 1. The first kappa shape index (κ1) is 27.7. The van der Waals surface area contributed by atoms with Gasteiger partial charge < -0.3 is 5.11 Å². The molecule has 198 valence electrons. The van der Waals surface area contributed by atoms with Crippen molar-refractivity contribution in [3.05, 3.63) is 109 Å². The van der Waals surface area contributed by atoms with Gasteiger partial charge in [-0.3, -0.25) is 14.5 Å². The molecule has 0 saturated carbocycles. The van der Waals surface area contributed by atoms with E-state index < -0.39 is 17.7 Å². The maximum absolute atomic E-state index is 13.4. The molecule has 1 N–H and O–H groups in total. The van der Waals surface area contributed by atoms with E-state index in [1.165, 1.54) is 28.0 Å². The Morgan fingerprint density at radius 1 is 1.00 bits per heavy atom. The fourth-order valence-corrected chi connectivity index (χ4v) is 6.92. The first-order valence-corrected chi connectivity index (χ1v) is 14.6. The highest BCUT2D eigenvalue weighted by molar-refractivity contribution is 8.00. The molecule has 0 aliphatic carbocycles. The summed E-state index contributed by atoms with van der Waals surface area (Å²) in [5.41, 5.74) is 3.55. The van der Waals surface area contributed by atoms with Gasteiger partial charge in [-0.25, -0.2) is 0 Å². The minimum Gasteiger partial charge on any atom is -0.507 e. The van der Waals surface area contributed by atoms with Crippen LogP contribution in [0.15, 0.2) is 70.6 Å². The lowest BCUT2D eigenvalue weighted by molar-refractivity contribution is -0.132. The van der Waals surface area contributed by atoms with Crippen molar-refractivity contribution >= 4 is 80.5 Å². The van der Waals surface area contributed by atoms with Crippen LogP contribution in [-0.4, -0.2) is 27.0 Å². The normalized spacial score (nSPS) is 16.7. The number of ketones is 1. The predicted octanol–water partition coefficient (Wildman–Crippen LogP) is 8.03. The molecule has 0 bridgehead atoms. The van der Waals surface area contributed by atoms with Gasteiger partial charge in [0.25, 0.3) is 5.78 Å². The zero-order valence-electron chi connectivity index (χ0n) is 20.6. The van der Waals surface area contributed by atoms with Crippen LogP contribution >= 0.6 is 57.9 Å². The summed E-state index contributed by atoms with van der Waals surface area (Å²) in [6.45, 7) is 3.72. The van der Waals surface area contributed by atoms with Gasteiger partial charge in [-0.15, -0.1) is 10.2 Å². The maximum atomic E-state index is 13.4. The van der Waals surface area contributed by atoms with Gasteiger partial charge in [0.2, 0.25) is 5.13 Å².